The number of alkyl halides is 3. The second-order valence-corrected chi connectivity index (χ2v) is 11.2. The molecule has 2 heterocycles. The molecule has 0 atom stereocenters. The Morgan fingerprint density at radius 2 is 1.74 bits per heavy atom. The summed E-state index contributed by atoms with van der Waals surface area (Å²) in [6.45, 7) is -23.9. The van der Waals surface area contributed by atoms with Gasteiger partial charge >= 0.3 is 6.18 Å². The first-order valence-corrected chi connectivity index (χ1v) is 15.5. The van der Waals surface area contributed by atoms with E-state index >= 15 is 9.18 Å². The number of fused-ring (bicyclic) bond motifs is 1. The van der Waals surface area contributed by atoms with Crippen LogP contribution in [0.4, 0.5) is 22.0 Å². The van der Waals surface area contributed by atoms with Gasteiger partial charge in [-0.15, -0.1) is 11.8 Å². The summed E-state index contributed by atoms with van der Waals surface area (Å²) in [7, 11) is 0.752. The Labute approximate surface area is 351 Å². The fraction of sp³-hybridized carbons (Fsp3) is 0.317. The van der Waals surface area contributed by atoms with Gasteiger partial charge in [0.05, 0.1) is 50.1 Å². The van der Waals surface area contributed by atoms with Gasteiger partial charge in [0.2, 0.25) is 5.91 Å². The molecule has 0 radical (unpaired) electrons. The molecule has 0 spiro atoms. The number of carbonyl (C=O) groups excluding carboxylic acids is 1. The Kier molecular flexibility index (Phi) is 4.93. The zero-order valence-corrected chi connectivity index (χ0v) is 27.6. The standard InChI is InChI=1S/C41H40F5N3O3S/c1-27-22-30(14-15-34(27)41(44,45)46)29-12-10-28(11-13-29)24-48(32-16-18-47(19-17-32)20-21-52-2)38(51)25-49-36-9-4-3-7-33(36)37(50)23-39(49)53-26-31-6-5-8-35(42)40(31)43/h3-15,22-23,32H,16-21,24-26H2,1-2H3/i3D,4D,5D,6D,7D,8D,9D,10D,11D,12D,13D,14D,15D,16D2,17D2,18D2,19D2,20D2,22D,23D,24D2,25D2,32D. The summed E-state index contributed by atoms with van der Waals surface area (Å²) < 4.78 is 344. The van der Waals surface area contributed by atoms with E-state index in [2.05, 4.69) is 0 Å². The van der Waals surface area contributed by atoms with Crippen LogP contribution in [0.2, 0.25) is 0 Å². The number of pyridine rings is 1. The fourth-order valence-corrected chi connectivity index (χ4v) is 5.18. The van der Waals surface area contributed by atoms with Crippen LogP contribution in [0.25, 0.3) is 22.0 Å². The lowest BCUT2D eigenvalue weighted by Crippen LogP contribution is -2.48. The minimum atomic E-state index is -5.43. The maximum Gasteiger partial charge on any atom is 0.416 e. The zero-order chi connectivity index (χ0) is 64.2. The number of hydrogen-bond acceptors (Lipinski definition) is 5. The average molecular weight is 780 g/mol. The predicted molar refractivity (Wildman–Crippen MR) is 198 cm³/mol. The molecule has 5 aromatic rings. The highest BCUT2D eigenvalue weighted by Gasteiger charge is 2.32. The van der Waals surface area contributed by atoms with E-state index in [0.717, 1.165) is 7.11 Å². The number of para-hydroxylation sites is 1. The molecular weight excluding hydrogens is 710 g/mol. The number of benzene rings is 4. The van der Waals surface area contributed by atoms with Gasteiger partial charge < -0.3 is 19.1 Å². The van der Waals surface area contributed by atoms with Gasteiger partial charge in [-0.3, -0.25) is 9.59 Å². The Morgan fingerprint density at radius 1 is 1.02 bits per heavy atom. The second-order valence-electron chi connectivity index (χ2n) is 10.2. The molecule has 4 aromatic carbocycles. The third-order valence-corrected chi connectivity index (χ3v) is 7.68. The predicted octanol–water partition coefficient (Wildman–Crippen LogP) is 8.71. The van der Waals surface area contributed by atoms with E-state index in [1.54, 1.807) is 0 Å². The number of carbonyl (C=O) groups is 1. The number of piperidine rings is 1. The number of methoxy groups -OCH3 is 1. The molecule has 0 N–H and O–H groups in total. The van der Waals surface area contributed by atoms with Crippen molar-refractivity contribution in [3.05, 3.63) is 135 Å². The van der Waals surface area contributed by atoms with Crippen LogP contribution >= 0.6 is 11.8 Å². The smallest absolute Gasteiger partial charge is 0.383 e. The summed E-state index contributed by atoms with van der Waals surface area (Å²) in [6, 6.07) is -28.8. The van der Waals surface area contributed by atoms with Crippen LogP contribution in [0.5, 0.6) is 0 Å². The number of halogens is 5. The molecule has 1 aromatic heterocycles. The second kappa shape index (κ2) is 16.7. The minimum Gasteiger partial charge on any atom is -0.383 e. The van der Waals surface area contributed by atoms with E-state index in [4.69, 9.17) is 33.5 Å². The first kappa shape index (κ1) is 15.7. The van der Waals surface area contributed by atoms with Gasteiger partial charge in [0.25, 0.3) is 0 Å². The molecule has 278 valence electrons. The lowest BCUT2D eigenvalue weighted by molar-refractivity contribution is -0.138. The van der Waals surface area contributed by atoms with Crippen molar-refractivity contribution in [1.29, 1.82) is 0 Å². The van der Waals surface area contributed by atoms with Crippen LogP contribution in [-0.4, -0.2) is 59.5 Å². The van der Waals surface area contributed by atoms with Crippen LogP contribution in [0.1, 0.15) is 76.1 Å². The number of hydrogen-bond donors (Lipinski definition) is 0. The van der Waals surface area contributed by atoms with E-state index in [1.165, 1.54) is 0 Å². The van der Waals surface area contributed by atoms with Gasteiger partial charge in [0, 0.05) is 75.6 Å². The fourth-order valence-electron chi connectivity index (χ4n) is 4.27. The van der Waals surface area contributed by atoms with Crippen molar-refractivity contribution in [3.63, 3.8) is 0 Å². The Bertz CT molecular complexity index is 3560. The van der Waals surface area contributed by atoms with Gasteiger partial charge in [0.15, 0.2) is 17.1 Å². The average Bonchev–Trinajstić information content (AvgIpc) is 0.807. The summed E-state index contributed by atoms with van der Waals surface area (Å²) in [4.78, 5) is 28.0. The van der Waals surface area contributed by atoms with E-state index < -0.39 is 247 Å². The number of amides is 1. The molecule has 0 aliphatic carbocycles. The molecule has 6 rings (SSSR count). The molecule has 1 aliphatic heterocycles. The molecule has 1 amide bonds. The highest BCUT2D eigenvalue weighted by molar-refractivity contribution is 7.98. The van der Waals surface area contributed by atoms with E-state index in [-0.39, 0.29) is 11.8 Å². The van der Waals surface area contributed by atoms with Gasteiger partial charge in [-0.05, 0) is 66.1 Å². The first-order chi connectivity index (χ1) is 37.4. The molecule has 6 nitrogen and oxygen atoms in total. The number of ether oxygens (including phenoxy) is 1. The van der Waals surface area contributed by atoms with Crippen molar-refractivity contribution in [1.82, 2.24) is 14.4 Å². The topological polar surface area (TPSA) is 54.8 Å². The van der Waals surface area contributed by atoms with Crippen molar-refractivity contribution in [3.8, 4) is 11.1 Å². The van der Waals surface area contributed by atoms with E-state index in [9.17, 15) is 34.7 Å². The molecule has 1 saturated heterocycles. The van der Waals surface area contributed by atoms with Crippen molar-refractivity contribution >= 4 is 28.6 Å². The monoisotopic (exact) mass is 779 g/mol. The Hall–Kier alpha value is -4.52. The molecule has 1 fully saturated rings. The molecule has 1 aliphatic rings. The number of likely N-dealkylation sites (tertiary alicyclic amines) is 1. The van der Waals surface area contributed by atoms with E-state index in [1.807, 2.05) is 0 Å². The normalized spacial score (nSPS) is 27.5. The van der Waals surface area contributed by atoms with E-state index in [0.29, 0.717) is 6.92 Å². The molecule has 0 bridgehead atoms. The maximum atomic E-state index is 16.1. The van der Waals surface area contributed by atoms with Gasteiger partial charge in [-0.1, -0.05) is 60.4 Å². The van der Waals surface area contributed by atoms with Crippen LogP contribution in [0.15, 0.2) is 100 Å². The molecular formula is C41H40F5N3O3S. The maximum absolute atomic E-state index is 16.1. The third kappa shape index (κ3) is 9.00. The highest BCUT2D eigenvalue weighted by atomic mass is 32.2. The summed E-state index contributed by atoms with van der Waals surface area (Å²) in [5.74, 6) is -8.65. The van der Waals surface area contributed by atoms with Gasteiger partial charge in [-0.25, -0.2) is 8.78 Å². The number of nitrogens with zero attached hydrogens (tertiary/aromatic N) is 3. The largest absolute Gasteiger partial charge is 0.416 e. The number of aromatic nitrogens is 1. The van der Waals surface area contributed by atoms with Crippen molar-refractivity contribution in [2.75, 3.05) is 33.2 Å². The molecule has 12 heteroatoms. The van der Waals surface area contributed by atoms with Crippen molar-refractivity contribution < 1.29 is 72.6 Å². The molecule has 53 heavy (non-hydrogen) atoms. The summed E-state index contributed by atoms with van der Waals surface area (Å²) in [6.07, 6.45) is -15.5. The summed E-state index contributed by atoms with van der Waals surface area (Å²) in [5.41, 5.74) is -12.3. The van der Waals surface area contributed by atoms with Crippen LogP contribution in [0.3, 0.4) is 0 Å². The Balaban J connectivity index is 1.86. The quantitative estimate of drug-likeness (QED) is 0.0938. The number of rotatable bonds is 12. The van der Waals surface area contributed by atoms with Gasteiger partial charge in [0.1, 0.15) is 6.50 Å². The molecule has 0 saturated carbocycles. The highest BCUT2D eigenvalue weighted by Crippen LogP contribution is 2.34. The summed E-state index contributed by atoms with van der Waals surface area (Å²) in [5, 5.41) is -2.96. The lowest BCUT2D eigenvalue weighted by Gasteiger charge is -2.39. The SMILES string of the molecule is [2H]c1c([2H])c(F)c(F)c(CSc2c([2H])c(=O)c3c([2H])c([2H])c([2H])c([2H])c3n2C([2H])([2H])C(=O)N(C([2H])([2H])c2c([2H])c([2H])c(-c3c([2H])c([2H])c(C(F)(F)F)c(C)c3[2H])c([2H])c2[2H])C2([2H])C([2H])([2H])C([2H])([2H])N(C([2H])([2H])COC)C([2H])([2H])C2([2H])[2H])c1[2H]. The lowest BCUT2D eigenvalue weighted by atomic mass is 9.98. The van der Waals surface area contributed by atoms with Gasteiger partial charge in [-0.2, -0.15) is 13.2 Å². The molecule has 0 unspecified atom stereocenters. The van der Waals surface area contributed by atoms with Crippen LogP contribution in [0, 0.1) is 18.6 Å². The minimum absolute atomic E-state index is 0.296. The third-order valence-electron chi connectivity index (χ3n) is 6.69. The summed E-state index contributed by atoms with van der Waals surface area (Å²) >= 11 is -0.296. The Morgan fingerprint density at radius 3 is 2.45 bits per heavy atom. The van der Waals surface area contributed by atoms with Crippen LogP contribution in [-0.2, 0) is 34.5 Å². The first-order valence-electron chi connectivity index (χ1n) is 29.5. The van der Waals surface area contributed by atoms with Crippen molar-refractivity contribution in [2.45, 2.75) is 55.6 Å². The zero-order valence-electron chi connectivity index (χ0n) is 56.8. The van der Waals surface area contributed by atoms with Crippen LogP contribution < -0.4 is 5.43 Å². The number of thioether (sulfide) groups is 1. The van der Waals surface area contributed by atoms with Crippen molar-refractivity contribution in [2.24, 2.45) is 0 Å².